The van der Waals surface area contributed by atoms with Crippen molar-refractivity contribution in [3.05, 3.63) is 99.5 Å². The molecule has 0 saturated carbocycles. The summed E-state index contributed by atoms with van der Waals surface area (Å²) < 4.78 is 5.23. The fraction of sp³-hybridized carbons (Fsp3) is 0.148. The van der Waals surface area contributed by atoms with E-state index >= 15 is 0 Å². The Kier molecular flexibility index (Phi) is 7.45. The highest BCUT2D eigenvalue weighted by Gasteiger charge is 2.40. The van der Waals surface area contributed by atoms with Crippen molar-refractivity contribution in [2.75, 3.05) is 17.3 Å². The third kappa shape index (κ3) is 5.51. The normalized spacial score (nSPS) is 16.6. The van der Waals surface area contributed by atoms with Crippen molar-refractivity contribution < 1.29 is 14.3 Å². The molecule has 0 aromatic heterocycles. The molecule has 3 aromatic rings. The summed E-state index contributed by atoms with van der Waals surface area (Å²) in [5, 5.41) is 13.2. The maximum Gasteiger partial charge on any atom is 0.269 e. The van der Waals surface area contributed by atoms with Gasteiger partial charge < -0.3 is 10.1 Å². The lowest BCUT2D eigenvalue weighted by molar-refractivity contribution is -0.117. The molecular formula is C27H22ClN3O3S. The molecule has 1 aliphatic heterocycles. The second kappa shape index (κ2) is 10.7. The van der Waals surface area contributed by atoms with Gasteiger partial charge in [-0.25, -0.2) is 0 Å². The van der Waals surface area contributed by atoms with Crippen LogP contribution < -0.4 is 15.0 Å². The number of rotatable bonds is 6. The number of amides is 2. The van der Waals surface area contributed by atoms with Gasteiger partial charge in [0.1, 0.15) is 22.4 Å². The number of ether oxygens (including phenoxy) is 1. The lowest BCUT2D eigenvalue weighted by Crippen LogP contribution is -2.30. The van der Waals surface area contributed by atoms with Gasteiger partial charge in [0.05, 0.1) is 12.4 Å². The van der Waals surface area contributed by atoms with E-state index in [0.29, 0.717) is 33.6 Å². The van der Waals surface area contributed by atoms with Crippen molar-refractivity contribution in [3.8, 4) is 11.8 Å². The first-order chi connectivity index (χ1) is 16.9. The molecule has 176 valence electrons. The quantitative estimate of drug-likeness (QED) is 0.343. The minimum atomic E-state index is -0.570. The first-order valence-corrected chi connectivity index (χ1v) is 12.1. The van der Waals surface area contributed by atoms with Crippen LogP contribution in [0.15, 0.2) is 83.4 Å². The molecule has 1 atom stereocenters. The summed E-state index contributed by atoms with van der Waals surface area (Å²) in [7, 11) is 1.56. The molecule has 0 aliphatic carbocycles. The predicted octanol–water partition coefficient (Wildman–Crippen LogP) is 5.72. The van der Waals surface area contributed by atoms with E-state index in [1.165, 1.54) is 16.7 Å². The van der Waals surface area contributed by atoms with E-state index in [-0.39, 0.29) is 11.5 Å². The summed E-state index contributed by atoms with van der Waals surface area (Å²) in [6.07, 6.45) is 0.426. The third-order valence-electron chi connectivity index (χ3n) is 5.45. The number of halogens is 1. The van der Waals surface area contributed by atoms with Crippen molar-refractivity contribution >= 4 is 46.6 Å². The summed E-state index contributed by atoms with van der Waals surface area (Å²) in [6, 6.07) is 23.5. The molecule has 3 aromatic carbocycles. The molecule has 1 N–H and O–H groups in total. The summed E-state index contributed by atoms with van der Waals surface area (Å²) >= 11 is 7.21. The average Bonchev–Trinajstić information content (AvgIpc) is 3.16. The molecule has 0 bridgehead atoms. The maximum atomic E-state index is 13.6. The van der Waals surface area contributed by atoms with Gasteiger partial charge in [0.25, 0.3) is 5.91 Å². The first kappa shape index (κ1) is 24.4. The number of carbonyl (C=O) groups excluding carboxylic acids is 2. The van der Waals surface area contributed by atoms with Gasteiger partial charge in [0.15, 0.2) is 0 Å². The van der Waals surface area contributed by atoms with Gasteiger partial charge >= 0.3 is 0 Å². The minimum Gasteiger partial charge on any atom is -0.497 e. The standard InChI is InChI=1S/C27H22ClN3O3S/c1-17-4-3-5-20(14-17)30-25(32)23(16-29)27-31(21-10-12-22(34-2)13-11-21)26(33)24(35-27)15-18-6-8-19(28)9-7-18/h3-14,24H,15H2,1-2H3,(H,30,32)/b27-23-. The van der Waals surface area contributed by atoms with Gasteiger partial charge in [-0.15, -0.1) is 0 Å². The number of hydrogen-bond acceptors (Lipinski definition) is 5. The van der Waals surface area contributed by atoms with Crippen LogP contribution in [0, 0.1) is 18.3 Å². The molecule has 1 heterocycles. The number of hydrogen-bond donors (Lipinski definition) is 1. The molecule has 1 unspecified atom stereocenters. The SMILES string of the molecule is COc1ccc(N2C(=O)C(Cc3ccc(Cl)cc3)S/C2=C(/C#N)C(=O)Nc2cccc(C)c2)cc1. The molecule has 2 amide bonds. The lowest BCUT2D eigenvalue weighted by atomic mass is 10.1. The van der Waals surface area contributed by atoms with Crippen LogP contribution in [-0.2, 0) is 16.0 Å². The van der Waals surface area contributed by atoms with E-state index in [9.17, 15) is 14.9 Å². The molecule has 0 radical (unpaired) electrons. The van der Waals surface area contributed by atoms with E-state index in [0.717, 1.165) is 11.1 Å². The van der Waals surface area contributed by atoms with Crippen molar-refractivity contribution in [2.24, 2.45) is 0 Å². The van der Waals surface area contributed by atoms with E-state index in [1.54, 1.807) is 49.6 Å². The molecule has 4 rings (SSSR count). The number of methoxy groups -OCH3 is 1. The highest BCUT2D eigenvalue weighted by Crippen LogP contribution is 2.42. The van der Waals surface area contributed by atoms with E-state index in [1.807, 2.05) is 43.3 Å². The Balaban J connectivity index is 1.72. The fourth-order valence-electron chi connectivity index (χ4n) is 3.70. The van der Waals surface area contributed by atoms with Crippen LogP contribution in [0.4, 0.5) is 11.4 Å². The third-order valence-corrected chi connectivity index (χ3v) is 6.96. The molecule has 8 heteroatoms. The Morgan fingerprint density at radius 2 is 1.86 bits per heavy atom. The number of nitrogens with zero attached hydrogens (tertiary/aromatic N) is 2. The predicted molar refractivity (Wildman–Crippen MR) is 139 cm³/mol. The summed E-state index contributed by atoms with van der Waals surface area (Å²) in [6.45, 7) is 1.91. The Morgan fingerprint density at radius 3 is 2.49 bits per heavy atom. The summed E-state index contributed by atoms with van der Waals surface area (Å²) in [4.78, 5) is 28.2. The van der Waals surface area contributed by atoms with Gasteiger partial charge in [0, 0.05) is 16.4 Å². The maximum absolute atomic E-state index is 13.6. The number of aryl methyl sites for hydroxylation is 1. The molecular weight excluding hydrogens is 482 g/mol. The van der Waals surface area contributed by atoms with Crippen LogP contribution in [-0.4, -0.2) is 24.2 Å². The zero-order chi connectivity index (χ0) is 24.9. The smallest absolute Gasteiger partial charge is 0.269 e. The van der Waals surface area contributed by atoms with E-state index in [4.69, 9.17) is 16.3 Å². The van der Waals surface area contributed by atoms with Crippen molar-refractivity contribution in [3.63, 3.8) is 0 Å². The van der Waals surface area contributed by atoms with Gasteiger partial charge in [-0.05, 0) is 73.0 Å². The topological polar surface area (TPSA) is 82.4 Å². The average molecular weight is 504 g/mol. The Hall–Kier alpha value is -3.73. The molecule has 1 aliphatic rings. The second-order valence-corrected chi connectivity index (χ2v) is 9.55. The fourth-order valence-corrected chi connectivity index (χ4v) is 5.14. The van der Waals surface area contributed by atoms with E-state index < -0.39 is 11.2 Å². The number of nitrogens with one attached hydrogen (secondary N) is 1. The number of nitriles is 1. The highest BCUT2D eigenvalue weighted by molar-refractivity contribution is 8.05. The molecule has 6 nitrogen and oxygen atoms in total. The van der Waals surface area contributed by atoms with Gasteiger partial charge in [0.2, 0.25) is 5.91 Å². The molecule has 1 saturated heterocycles. The van der Waals surface area contributed by atoms with E-state index in [2.05, 4.69) is 5.32 Å². The van der Waals surface area contributed by atoms with Crippen molar-refractivity contribution in [1.29, 1.82) is 5.26 Å². The van der Waals surface area contributed by atoms with Crippen LogP contribution >= 0.6 is 23.4 Å². The molecule has 35 heavy (non-hydrogen) atoms. The first-order valence-electron chi connectivity index (χ1n) is 10.8. The highest BCUT2D eigenvalue weighted by atomic mass is 35.5. The summed E-state index contributed by atoms with van der Waals surface area (Å²) in [5.41, 5.74) is 2.90. The number of thioether (sulfide) groups is 1. The number of carbonyl (C=O) groups is 2. The molecule has 0 spiro atoms. The van der Waals surface area contributed by atoms with Crippen LogP contribution in [0.2, 0.25) is 5.02 Å². The second-order valence-electron chi connectivity index (χ2n) is 7.92. The van der Waals surface area contributed by atoms with Crippen LogP contribution in [0.1, 0.15) is 11.1 Å². The summed E-state index contributed by atoms with van der Waals surface area (Å²) in [5.74, 6) is -0.144. The minimum absolute atomic E-state index is 0.126. The van der Waals surface area contributed by atoms with Crippen molar-refractivity contribution in [2.45, 2.75) is 18.6 Å². The van der Waals surface area contributed by atoms with Gasteiger partial charge in [-0.3, -0.25) is 14.5 Å². The van der Waals surface area contributed by atoms with Gasteiger partial charge in [-0.2, -0.15) is 5.26 Å². The Bertz CT molecular complexity index is 1330. The van der Waals surface area contributed by atoms with Crippen LogP contribution in [0.25, 0.3) is 0 Å². The monoisotopic (exact) mass is 503 g/mol. The zero-order valence-corrected chi connectivity index (χ0v) is 20.7. The van der Waals surface area contributed by atoms with Gasteiger partial charge in [-0.1, -0.05) is 47.6 Å². The van der Waals surface area contributed by atoms with Crippen LogP contribution in [0.3, 0.4) is 0 Å². The zero-order valence-electron chi connectivity index (χ0n) is 19.1. The van der Waals surface area contributed by atoms with Crippen molar-refractivity contribution in [1.82, 2.24) is 0 Å². The molecule has 1 fully saturated rings. The lowest BCUT2D eigenvalue weighted by Gasteiger charge is -2.19. The number of anilines is 2. The van der Waals surface area contributed by atoms with Crippen LogP contribution in [0.5, 0.6) is 5.75 Å². The largest absolute Gasteiger partial charge is 0.497 e. The Morgan fingerprint density at radius 1 is 1.14 bits per heavy atom. The number of benzene rings is 3. The Labute approximate surface area is 213 Å².